The third-order valence-electron chi connectivity index (χ3n) is 5.60. The molecule has 0 saturated heterocycles. The van der Waals surface area contributed by atoms with Crippen LogP contribution < -0.4 is 21.9 Å². The van der Waals surface area contributed by atoms with Crippen molar-refractivity contribution in [3.63, 3.8) is 0 Å². The van der Waals surface area contributed by atoms with Gasteiger partial charge in [0.25, 0.3) is 11.5 Å². The third-order valence-corrected chi connectivity index (χ3v) is 6.57. The minimum Gasteiger partial charge on any atom is -0.349 e. The van der Waals surface area contributed by atoms with E-state index in [0.29, 0.717) is 22.1 Å². The molecule has 0 bridgehead atoms. The van der Waals surface area contributed by atoms with Crippen LogP contribution in [0.25, 0.3) is 11.0 Å². The summed E-state index contributed by atoms with van der Waals surface area (Å²) in [6.07, 6.45) is 1.98. The second kappa shape index (κ2) is 9.29. The maximum absolute atomic E-state index is 12.9. The molecule has 1 saturated carbocycles. The zero-order valence-corrected chi connectivity index (χ0v) is 21.2. The lowest BCUT2D eigenvalue weighted by atomic mass is 9.96. The second-order valence-corrected chi connectivity index (χ2v) is 10.6. The minimum absolute atomic E-state index is 0.0276. The number of carbonyl (C=O) groups excluding carboxylic acids is 2. The standard InChI is InChI=1S/C24H28N6O4S/c1-24(2,3)22-27-18-17(21(33)30(5)23(34)29(18)4)20(28-22)35-12-16(31)25-15-8-6-7-13(11-15)19(32)26-14-9-10-14/h6-8,11,14H,9-10,12H2,1-5H3,(H,25,31)(H,26,32). The number of hydrogen-bond acceptors (Lipinski definition) is 7. The number of fused-ring (bicyclic) bond motifs is 1. The molecule has 0 aliphatic heterocycles. The molecule has 1 aliphatic rings. The van der Waals surface area contributed by atoms with Crippen molar-refractivity contribution in [1.82, 2.24) is 24.4 Å². The maximum atomic E-state index is 12.9. The number of aromatic nitrogens is 4. The predicted molar refractivity (Wildman–Crippen MR) is 135 cm³/mol. The number of aryl methyl sites for hydroxylation is 1. The number of benzene rings is 1. The van der Waals surface area contributed by atoms with Gasteiger partial charge in [-0.2, -0.15) is 0 Å². The summed E-state index contributed by atoms with van der Waals surface area (Å²) in [5.74, 6) is -0.0483. The fourth-order valence-electron chi connectivity index (χ4n) is 3.43. The van der Waals surface area contributed by atoms with E-state index in [0.717, 1.165) is 29.2 Å². The molecular formula is C24H28N6O4S. The average molecular weight is 497 g/mol. The molecule has 2 amide bonds. The van der Waals surface area contributed by atoms with Gasteiger partial charge in [-0.3, -0.25) is 23.5 Å². The molecule has 0 unspecified atom stereocenters. The van der Waals surface area contributed by atoms with Crippen LogP contribution >= 0.6 is 11.8 Å². The topological polar surface area (TPSA) is 128 Å². The van der Waals surface area contributed by atoms with Gasteiger partial charge in [-0.05, 0) is 31.0 Å². The summed E-state index contributed by atoms with van der Waals surface area (Å²) < 4.78 is 2.32. The zero-order chi connectivity index (χ0) is 25.5. The first kappa shape index (κ1) is 24.6. The minimum atomic E-state index is -0.513. The highest BCUT2D eigenvalue weighted by atomic mass is 32.2. The molecule has 184 valence electrons. The van der Waals surface area contributed by atoms with Crippen molar-refractivity contribution < 1.29 is 9.59 Å². The van der Waals surface area contributed by atoms with Gasteiger partial charge >= 0.3 is 5.69 Å². The SMILES string of the molecule is Cn1c(=O)c2c(SCC(=O)Nc3cccc(C(=O)NC4CC4)c3)nc(C(C)(C)C)nc2n(C)c1=O. The highest BCUT2D eigenvalue weighted by molar-refractivity contribution is 8.00. The van der Waals surface area contributed by atoms with Gasteiger partial charge in [0, 0.05) is 36.8 Å². The Labute approximate surface area is 206 Å². The van der Waals surface area contributed by atoms with Crippen molar-refractivity contribution in [3.8, 4) is 0 Å². The molecule has 2 aromatic heterocycles. The van der Waals surface area contributed by atoms with Crippen LogP contribution in [0, 0.1) is 0 Å². The number of anilines is 1. The smallest absolute Gasteiger partial charge is 0.332 e. The van der Waals surface area contributed by atoms with Crippen molar-refractivity contribution in [2.45, 2.75) is 50.1 Å². The van der Waals surface area contributed by atoms with Crippen molar-refractivity contribution in [2.75, 3.05) is 11.1 Å². The molecular weight excluding hydrogens is 468 g/mol. The Balaban J connectivity index is 1.59. The number of rotatable bonds is 6. The predicted octanol–water partition coefficient (Wildman–Crippen LogP) is 1.95. The second-order valence-electron chi connectivity index (χ2n) is 9.67. The largest absolute Gasteiger partial charge is 0.349 e. The van der Waals surface area contributed by atoms with E-state index < -0.39 is 16.7 Å². The quantitative estimate of drug-likeness (QED) is 0.394. The lowest BCUT2D eigenvalue weighted by molar-refractivity contribution is -0.113. The first-order valence-electron chi connectivity index (χ1n) is 11.3. The molecule has 3 aromatic rings. The van der Waals surface area contributed by atoms with Crippen LogP contribution in [0.4, 0.5) is 5.69 Å². The zero-order valence-electron chi connectivity index (χ0n) is 20.3. The summed E-state index contributed by atoms with van der Waals surface area (Å²) in [6, 6.07) is 6.99. The van der Waals surface area contributed by atoms with Crippen LogP contribution in [0.5, 0.6) is 0 Å². The number of nitrogens with one attached hydrogen (secondary N) is 2. The molecule has 1 aromatic carbocycles. The molecule has 0 spiro atoms. The van der Waals surface area contributed by atoms with E-state index in [1.807, 2.05) is 20.8 Å². The number of carbonyl (C=O) groups is 2. The van der Waals surface area contributed by atoms with Crippen LogP contribution in [0.2, 0.25) is 0 Å². The Bertz CT molecular complexity index is 1450. The van der Waals surface area contributed by atoms with Crippen LogP contribution in [0.3, 0.4) is 0 Å². The van der Waals surface area contributed by atoms with E-state index in [1.165, 1.54) is 11.6 Å². The summed E-state index contributed by atoms with van der Waals surface area (Å²) >= 11 is 1.10. The van der Waals surface area contributed by atoms with E-state index in [2.05, 4.69) is 20.6 Å². The summed E-state index contributed by atoms with van der Waals surface area (Å²) in [5.41, 5.74) is -0.232. The average Bonchev–Trinajstić information content (AvgIpc) is 3.63. The van der Waals surface area contributed by atoms with Gasteiger partial charge in [0.1, 0.15) is 16.2 Å². The van der Waals surface area contributed by atoms with Crippen molar-refractivity contribution >= 4 is 40.3 Å². The first-order chi connectivity index (χ1) is 16.5. The fraction of sp³-hybridized carbons (Fsp3) is 0.417. The number of hydrogen-bond donors (Lipinski definition) is 2. The Kier molecular flexibility index (Phi) is 6.54. The van der Waals surface area contributed by atoms with E-state index in [-0.39, 0.29) is 34.6 Å². The molecule has 2 heterocycles. The Morgan fingerprint density at radius 1 is 1.11 bits per heavy atom. The van der Waals surface area contributed by atoms with Gasteiger partial charge in [0.15, 0.2) is 5.65 Å². The molecule has 1 fully saturated rings. The van der Waals surface area contributed by atoms with Crippen molar-refractivity contribution in [3.05, 3.63) is 56.5 Å². The Morgan fingerprint density at radius 2 is 1.83 bits per heavy atom. The highest BCUT2D eigenvalue weighted by Gasteiger charge is 2.25. The summed E-state index contributed by atoms with van der Waals surface area (Å²) in [7, 11) is 2.95. The van der Waals surface area contributed by atoms with Crippen LogP contribution in [0.15, 0.2) is 38.9 Å². The van der Waals surface area contributed by atoms with E-state index in [1.54, 1.807) is 31.3 Å². The van der Waals surface area contributed by atoms with E-state index in [9.17, 15) is 19.2 Å². The fourth-order valence-corrected chi connectivity index (χ4v) is 4.25. The van der Waals surface area contributed by atoms with Gasteiger partial charge in [-0.1, -0.05) is 38.6 Å². The molecule has 0 radical (unpaired) electrons. The number of thioether (sulfide) groups is 1. The molecule has 2 N–H and O–H groups in total. The van der Waals surface area contributed by atoms with Gasteiger partial charge < -0.3 is 10.6 Å². The van der Waals surface area contributed by atoms with Gasteiger partial charge in [-0.15, -0.1) is 0 Å². The monoisotopic (exact) mass is 496 g/mol. The Hall–Kier alpha value is -3.47. The summed E-state index contributed by atoms with van der Waals surface area (Å²) in [4.78, 5) is 59.5. The maximum Gasteiger partial charge on any atom is 0.332 e. The van der Waals surface area contributed by atoms with Gasteiger partial charge in [0.2, 0.25) is 5.91 Å². The molecule has 35 heavy (non-hydrogen) atoms. The van der Waals surface area contributed by atoms with Crippen LogP contribution in [0.1, 0.15) is 49.8 Å². The number of amides is 2. The van der Waals surface area contributed by atoms with E-state index >= 15 is 0 Å². The summed E-state index contributed by atoms with van der Waals surface area (Å²) in [6.45, 7) is 5.79. The molecule has 0 atom stereocenters. The van der Waals surface area contributed by atoms with Crippen LogP contribution in [-0.2, 0) is 24.3 Å². The summed E-state index contributed by atoms with van der Waals surface area (Å²) in [5, 5.41) is 6.25. The molecule has 11 heteroatoms. The van der Waals surface area contributed by atoms with Gasteiger partial charge in [-0.25, -0.2) is 14.8 Å². The van der Waals surface area contributed by atoms with Gasteiger partial charge in [0.05, 0.1) is 5.75 Å². The lowest BCUT2D eigenvalue weighted by Crippen LogP contribution is -2.38. The van der Waals surface area contributed by atoms with Crippen molar-refractivity contribution in [1.29, 1.82) is 0 Å². The highest BCUT2D eigenvalue weighted by Crippen LogP contribution is 2.27. The van der Waals surface area contributed by atoms with E-state index in [4.69, 9.17) is 0 Å². The molecule has 4 rings (SSSR count). The molecule has 10 nitrogen and oxygen atoms in total. The third kappa shape index (κ3) is 5.29. The molecule has 1 aliphatic carbocycles. The Morgan fingerprint density at radius 3 is 2.49 bits per heavy atom. The number of nitrogens with zero attached hydrogens (tertiary/aromatic N) is 4. The first-order valence-corrected chi connectivity index (χ1v) is 12.3. The normalized spacial score (nSPS) is 13.6. The lowest BCUT2D eigenvalue weighted by Gasteiger charge is -2.19. The van der Waals surface area contributed by atoms with Crippen LogP contribution in [-0.4, -0.2) is 42.7 Å². The van der Waals surface area contributed by atoms with Crippen molar-refractivity contribution in [2.24, 2.45) is 14.1 Å².